The molecule has 6 nitrogen and oxygen atoms in total. The molecule has 3 heterocycles. The molecule has 1 aromatic rings. The summed E-state index contributed by atoms with van der Waals surface area (Å²) in [5.41, 5.74) is 1.02. The van der Waals surface area contributed by atoms with Gasteiger partial charge in [-0.1, -0.05) is 6.07 Å². The highest BCUT2D eigenvalue weighted by molar-refractivity contribution is 5.74. The molecule has 0 radical (unpaired) electrons. The Balaban J connectivity index is 1.41. The van der Waals surface area contributed by atoms with Crippen molar-refractivity contribution in [2.75, 3.05) is 39.4 Å². The minimum atomic E-state index is 0.0236. The van der Waals surface area contributed by atoms with Gasteiger partial charge in [0.2, 0.25) is 0 Å². The molecule has 0 aliphatic carbocycles. The molecular formula is C16H24N4O2. The van der Waals surface area contributed by atoms with Crippen molar-refractivity contribution >= 4 is 6.03 Å². The third-order valence-electron chi connectivity index (χ3n) is 4.48. The van der Waals surface area contributed by atoms with Crippen LogP contribution in [-0.4, -0.2) is 66.2 Å². The first kappa shape index (κ1) is 15.2. The summed E-state index contributed by atoms with van der Waals surface area (Å²) in [5.74, 6) is 0. The van der Waals surface area contributed by atoms with E-state index in [9.17, 15) is 4.79 Å². The number of hydrogen-bond donors (Lipinski definition) is 1. The number of rotatable bonds is 3. The topological polar surface area (TPSA) is 57.7 Å². The van der Waals surface area contributed by atoms with Crippen molar-refractivity contribution in [1.82, 2.24) is 20.1 Å². The second-order valence-corrected chi connectivity index (χ2v) is 5.89. The molecule has 1 N–H and O–H groups in total. The predicted molar refractivity (Wildman–Crippen MR) is 83.5 cm³/mol. The van der Waals surface area contributed by atoms with E-state index in [1.165, 1.54) is 0 Å². The Kier molecular flexibility index (Phi) is 5.24. The number of aromatic nitrogens is 1. The second-order valence-electron chi connectivity index (χ2n) is 5.89. The highest BCUT2D eigenvalue weighted by Crippen LogP contribution is 2.16. The van der Waals surface area contributed by atoms with Crippen molar-refractivity contribution < 1.29 is 9.53 Å². The molecule has 0 saturated carbocycles. The van der Waals surface area contributed by atoms with Crippen LogP contribution in [0.2, 0.25) is 0 Å². The summed E-state index contributed by atoms with van der Waals surface area (Å²) < 4.78 is 5.42. The monoisotopic (exact) mass is 304 g/mol. The molecule has 1 aromatic heterocycles. The average Bonchev–Trinajstić information content (AvgIpc) is 2.61. The van der Waals surface area contributed by atoms with Gasteiger partial charge in [-0.05, 0) is 24.5 Å². The van der Waals surface area contributed by atoms with Crippen LogP contribution in [0.1, 0.15) is 18.4 Å². The van der Waals surface area contributed by atoms with Crippen LogP contribution < -0.4 is 5.32 Å². The number of carbonyl (C=O) groups excluding carboxylic acids is 1. The number of hydrogen-bond acceptors (Lipinski definition) is 4. The first-order chi connectivity index (χ1) is 10.8. The number of amides is 2. The van der Waals surface area contributed by atoms with Gasteiger partial charge in [-0.2, -0.15) is 0 Å². The minimum Gasteiger partial charge on any atom is -0.381 e. The lowest BCUT2D eigenvalue weighted by atomic mass is 10.1. The van der Waals surface area contributed by atoms with E-state index in [1.54, 1.807) is 12.4 Å². The summed E-state index contributed by atoms with van der Waals surface area (Å²) in [7, 11) is 0. The molecule has 0 bridgehead atoms. The maximum absolute atomic E-state index is 12.2. The minimum absolute atomic E-state index is 0.0236. The quantitative estimate of drug-likeness (QED) is 0.908. The second kappa shape index (κ2) is 7.56. The lowest BCUT2D eigenvalue weighted by molar-refractivity contribution is 0.0187. The molecule has 2 aliphatic rings. The zero-order chi connectivity index (χ0) is 15.2. The van der Waals surface area contributed by atoms with Gasteiger partial charge >= 0.3 is 6.03 Å². The van der Waals surface area contributed by atoms with Gasteiger partial charge in [0.05, 0.1) is 0 Å². The molecule has 0 spiro atoms. The number of urea groups is 1. The molecule has 0 unspecified atom stereocenters. The van der Waals surface area contributed by atoms with Crippen LogP contribution in [0, 0.1) is 0 Å². The van der Waals surface area contributed by atoms with Crippen molar-refractivity contribution in [3.8, 4) is 0 Å². The van der Waals surface area contributed by atoms with E-state index in [1.807, 2.05) is 17.0 Å². The molecule has 0 aromatic carbocycles. The average molecular weight is 304 g/mol. The highest BCUT2D eigenvalue weighted by atomic mass is 16.5. The van der Waals surface area contributed by atoms with Gasteiger partial charge in [0, 0.05) is 64.4 Å². The van der Waals surface area contributed by atoms with E-state index >= 15 is 0 Å². The molecule has 2 saturated heterocycles. The summed E-state index contributed by atoms with van der Waals surface area (Å²) in [6.07, 6.45) is 5.75. The van der Waals surface area contributed by atoms with Crippen LogP contribution in [0.5, 0.6) is 0 Å². The highest BCUT2D eigenvalue weighted by Gasteiger charge is 2.27. The Morgan fingerprint density at radius 2 is 2.05 bits per heavy atom. The summed E-state index contributed by atoms with van der Waals surface area (Å²) in [6.45, 7) is 5.81. The first-order valence-electron chi connectivity index (χ1n) is 8.06. The fourth-order valence-electron chi connectivity index (χ4n) is 3.13. The molecular weight excluding hydrogens is 280 g/mol. The maximum atomic E-state index is 12.2. The van der Waals surface area contributed by atoms with E-state index < -0.39 is 0 Å². The third-order valence-corrected chi connectivity index (χ3v) is 4.48. The van der Waals surface area contributed by atoms with Gasteiger partial charge in [0.15, 0.2) is 0 Å². The van der Waals surface area contributed by atoms with E-state index in [2.05, 4.69) is 15.2 Å². The fourth-order valence-corrected chi connectivity index (χ4v) is 3.13. The number of ether oxygens (including phenoxy) is 1. The normalized spacial score (nSPS) is 20.8. The van der Waals surface area contributed by atoms with Crippen molar-refractivity contribution in [3.63, 3.8) is 0 Å². The van der Waals surface area contributed by atoms with E-state index in [0.717, 1.165) is 57.8 Å². The Labute approximate surface area is 131 Å². The Morgan fingerprint density at radius 3 is 2.73 bits per heavy atom. The van der Waals surface area contributed by atoms with Crippen LogP contribution in [-0.2, 0) is 11.3 Å². The Hall–Kier alpha value is -1.66. The number of nitrogens with one attached hydrogen (secondary N) is 1. The SMILES string of the molecule is O=C(NCc1cccnc1)N1CCN(C2CCOCC2)CC1. The smallest absolute Gasteiger partial charge is 0.317 e. The first-order valence-corrected chi connectivity index (χ1v) is 8.06. The van der Waals surface area contributed by atoms with E-state index in [0.29, 0.717) is 12.6 Å². The van der Waals surface area contributed by atoms with Gasteiger partial charge in [-0.15, -0.1) is 0 Å². The molecule has 2 amide bonds. The summed E-state index contributed by atoms with van der Waals surface area (Å²) >= 11 is 0. The molecule has 2 aliphatic heterocycles. The Bertz CT molecular complexity index is 468. The zero-order valence-corrected chi connectivity index (χ0v) is 12.9. The van der Waals surface area contributed by atoms with Crippen molar-refractivity contribution in [2.45, 2.75) is 25.4 Å². The molecule has 3 rings (SSSR count). The van der Waals surface area contributed by atoms with Crippen LogP contribution in [0.15, 0.2) is 24.5 Å². The van der Waals surface area contributed by atoms with Crippen LogP contribution in [0.4, 0.5) is 4.79 Å². The van der Waals surface area contributed by atoms with Gasteiger partial charge in [0.1, 0.15) is 0 Å². The van der Waals surface area contributed by atoms with Gasteiger partial charge in [-0.3, -0.25) is 9.88 Å². The fraction of sp³-hybridized carbons (Fsp3) is 0.625. The van der Waals surface area contributed by atoms with Crippen molar-refractivity contribution in [1.29, 1.82) is 0 Å². The van der Waals surface area contributed by atoms with Gasteiger partial charge in [0.25, 0.3) is 0 Å². The van der Waals surface area contributed by atoms with Crippen molar-refractivity contribution in [2.24, 2.45) is 0 Å². The zero-order valence-electron chi connectivity index (χ0n) is 12.9. The van der Waals surface area contributed by atoms with E-state index in [-0.39, 0.29) is 6.03 Å². The lowest BCUT2D eigenvalue weighted by Crippen LogP contribution is -2.54. The number of nitrogens with zero attached hydrogens (tertiary/aromatic N) is 3. The van der Waals surface area contributed by atoms with Crippen molar-refractivity contribution in [3.05, 3.63) is 30.1 Å². The summed E-state index contributed by atoms with van der Waals surface area (Å²) in [6, 6.07) is 4.51. The largest absolute Gasteiger partial charge is 0.381 e. The maximum Gasteiger partial charge on any atom is 0.317 e. The molecule has 6 heteroatoms. The van der Waals surface area contributed by atoms with Gasteiger partial charge in [-0.25, -0.2) is 4.79 Å². The number of carbonyl (C=O) groups is 1. The van der Waals surface area contributed by atoms with Gasteiger partial charge < -0.3 is 15.0 Å². The molecule has 0 atom stereocenters. The molecule has 2 fully saturated rings. The lowest BCUT2D eigenvalue weighted by Gasteiger charge is -2.40. The summed E-state index contributed by atoms with van der Waals surface area (Å²) in [5, 5.41) is 2.97. The summed E-state index contributed by atoms with van der Waals surface area (Å²) in [4.78, 5) is 20.7. The number of piperazine rings is 1. The Morgan fingerprint density at radius 1 is 1.27 bits per heavy atom. The van der Waals surface area contributed by atoms with E-state index in [4.69, 9.17) is 4.74 Å². The molecule has 22 heavy (non-hydrogen) atoms. The van der Waals surface area contributed by atoms with Crippen LogP contribution in [0.3, 0.4) is 0 Å². The standard InChI is InChI=1S/C16H24N4O2/c21-16(18-13-14-2-1-5-17-12-14)20-8-6-19(7-9-20)15-3-10-22-11-4-15/h1-2,5,12,15H,3-4,6-11,13H2,(H,18,21). The predicted octanol–water partition coefficient (Wildman–Crippen LogP) is 1.09. The van der Waals surface area contributed by atoms with Crippen LogP contribution in [0.25, 0.3) is 0 Å². The number of pyridine rings is 1. The molecule has 120 valence electrons. The third kappa shape index (κ3) is 3.96. The van der Waals surface area contributed by atoms with Crippen LogP contribution >= 0.6 is 0 Å².